The predicted octanol–water partition coefficient (Wildman–Crippen LogP) is 1.29. The number of rotatable bonds is 1. The molecule has 0 radical (unpaired) electrons. The molecule has 0 saturated heterocycles. The third-order valence-corrected chi connectivity index (χ3v) is 5.93. The lowest BCUT2D eigenvalue weighted by atomic mass is 9.64. The average Bonchev–Trinajstić information content (AvgIpc) is 2.58. The van der Waals surface area contributed by atoms with E-state index in [4.69, 9.17) is 0 Å². The molecule has 0 aliphatic heterocycles. The summed E-state index contributed by atoms with van der Waals surface area (Å²) in [5.74, 6) is 0.480. The normalized spacial score (nSPS) is 52.6. The minimum absolute atomic E-state index is 0.0229. The van der Waals surface area contributed by atoms with Crippen LogP contribution in [0.4, 0.5) is 0 Å². The lowest BCUT2D eigenvalue weighted by Crippen LogP contribution is -2.35. The predicted molar refractivity (Wildman–Crippen MR) is 63.2 cm³/mol. The number of fused-ring (bicyclic) bond motifs is 5. The third-order valence-electron chi connectivity index (χ3n) is 5.93. The number of ketones is 1. The van der Waals surface area contributed by atoms with Gasteiger partial charge in [-0.1, -0.05) is 13.8 Å². The highest BCUT2D eigenvalue weighted by molar-refractivity contribution is 5.95. The van der Waals surface area contributed by atoms with Crippen LogP contribution in [-0.2, 0) is 4.79 Å². The minimum Gasteiger partial charge on any atom is -0.393 e. The molecule has 0 amide bonds. The zero-order chi connectivity index (χ0) is 12.4. The number of carbonyl (C=O) groups is 1. The Bertz CT molecular complexity index is 414. The molecule has 3 nitrogen and oxygen atoms in total. The van der Waals surface area contributed by atoms with Gasteiger partial charge in [0.05, 0.1) is 12.7 Å². The molecule has 2 saturated carbocycles. The molecule has 0 aromatic rings. The molecule has 2 N–H and O–H groups in total. The first-order valence-corrected chi connectivity index (χ1v) is 6.45. The summed E-state index contributed by atoms with van der Waals surface area (Å²) in [6, 6.07) is 0. The van der Waals surface area contributed by atoms with Gasteiger partial charge in [0.2, 0.25) is 0 Å². The van der Waals surface area contributed by atoms with Crippen molar-refractivity contribution >= 4 is 5.78 Å². The largest absolute Gasteiger partial charge is 0.393 e. The first-order valence-electron chi connectivity index (χ1n) is 6.45. The van der Waals surface area contributed by atoms with Gasteiger partial charge in [0.15, 0.2) is 5.78 Å². The van der Waals surface area contributed by atoms with E-state index in [1.165, 1.54) is 0 Å². The fourth-order valence-corrected chi connectivity index (χ4v) is 4.88. The number of hydrogen-bond acceptors (Lipinski definition) is 3. The van der Waals surface area contributed by atoms with Gasteiger partial charge >= 0.3 is 0 Å². The van der Waals surface area contributed by atoms with E-state index in [9.17, 15) is 15.0 Å². The summed E-state index contributed by atoms with van der Waals surface area (Å²) in [4.78, 5) is 12.1. The van der Waals surface area contributed by atoms with Gasteiger partial charge < -0.3 is 10.2 Å². The molecule has 3 aliphatic carbocycles. The molecule has 3 rings (SSSR count). The van der Waals surface area contributed by atoms with E-state index in [1.54, 1.807) is 6.08 Å². The molecule has 2 bridgehead atoms. The first kappa shape index (κ1) is 11.4. The second kappa shape index (κ2) is 3.21. The maximum Gasteiger partial charge on any atom is 0.159 e. The van der Waals surface area contributed by atoms with Gasteiger partial charge in [0.25, 0.3) is 0 Å². The molecule has 0 heterocycles. The Morgan fingerprint density at radius 2 is 1.88 bits per heavy atom. The first-order chi connectivity index (χ1) is 7.92. The van der Waals surface area contributed by atoms with E-state index in [-0.39, 0.29) is 41.2 Å². The van der Waals surface area contributed by atoms with Gasteiger partial charge in [-0.2, -0.15) is 0 Å². The quantitative estimate of drug-likeness (QED) is 0.721. The highest BCUT2D eigenvalue weighted by atomic mass is 16.3. The smallest absolute Gasteiger partial charge is 0.159 e. The summed E-state index contributed by atoms with van der Waals surface area (Å²) >= 11 is 0. The number of aliphatic hydroxyl groups is 2. The van der Waals surface area contributed by atoms with Crippen molar-refractivity contribution in [3.05, 3.63) is 11.6 Å². The summed E-state index contributed by atoms with van der Waals surface area (Å²) in [6.45, 7) is 4.32. The monoisotopic (exact) mass is 236 g/mol. The topological polar surface area (TPSA) is 57.5 Å². The Morgan fingerprint density at radius 3 is 2.47 bits per heavy atom. The lowest BCUT2D eigenvalue weighted by molar-refractivity contribution is -0.122. The average molecular weight is 236 g/mol. The minimum atomic E-state index is -0.291. The molecule has 0 aromatic heterocycles. The van der Waals surface area contributed by atoms with Crippen molar-refractivity contribution in [2.75, 3.05) is 6.61 Å². The fraction of sp³-hybridized carbons (Fsp3) is 0.786. The van der Waals surface area contributed by atoms with Crippen LogP contribution in [0.25, 0.3) is 0 Å². The molecular weight excluding hydrogens is 216 g/mol. The maximum atomic E-state index is 12.1. The molecule has 0 spiro atoms. The number of carbonyl (C=O) groups excluding carboxylic acids is 1. The van der Waals surface area contributed by atoms with Gasteiger partial charge in [0.1, 0.15) is 0 Å². The Hall–Kier alpha value is -0.670. The summed E-state index contributed by atoms with van der Waals surface area (Å²) < 4.78 is 0. The number of allylic oxidation sites excluding steroid dienone is 1. The van der Waals surface area contributed by atoms with Crippen molar-refractivity contribution in [2.24, 2.45) is 22.7 Å². The third kappa shape index (κ3) is 1.17. The van der Waals surface area contributed by atoms with E-state index in [1.807, 2.05) is 0 Å². The SMILES string of the molecule is CC12CC(O)CC1(C)C1CC2C(=O)C=C1CO. The van der Waals surface area contributed by atoms with E-state index >= 15 is 0 Å². The van der Waals surface area contributed by atoms with Crippen molar-refractivity contribution in [1.29, 1.82) is 0 Å². The molecule has 94 valence electrons. The van der Waals surface area contributed by atoms with Gasteiger partial charge in [0, 0.05) is 5.92 Å². The summed E-state index contributed by atoms with van der Waals surface area (Å²) in [7, 11) is 0. The number of aliphatic hydroxyl groups excluding tert-OH is 2. The molecule has 0 aromatic carbocycles. The van der Waals surface area contributed by atoms with E-state index in [0.717, 1.165) is 24.8 Å². The van der Waals surface area contributed by atoms with E-state index < -0.39 is 0 Å². The molecule has 5 atom stereocenters. The second-order valence-electron chi connectivity index (χ2n) is 6.52. The van der Waals surface area contributed by atoms with Crippen molar-refractivity contribution in [3.8, 4) is 0 Å². The van der Waals surface area contributed by atoms with Crippen LogP contribution >= 0.6 is 0 Å². The Morgan fingerprint density at radius 1 is 1.29 bits per heavy atom. The fourth-order valence-electron chi connectivity index (χ4n) is 4.88. The molecule has 3 aliphatic rings. The van der Waals surface area contributed by atoms with Crippen LogP contribution in [0.15, 0.2) is 11.6 Å². The summed E-state index contributed by atoms with van der Waals surface area (Å²) in [6.07, 6.45) is 3.73. The van der Waals surface area contributed by atoms with Crippen molar-refractivity contribution in [2.45, 2.75) is 39.2 Å². The van der Waals surface area contributed by atoms with Crippen LogP contribution in [0, 0.1) is 22.7 Å². The van der Waals surface area contributed by atoms with Crippen LogP contribution in [0.2, 0.25) is 0 Å². The van der Waals surface area contributed by atoms with Crippen molar-refractivity contribution in [3.63, 3.8) is 0 Å². The van der Waals surface area contributed by atoms with Crippen molar-refractivity contribution < 1.29 is 15.0 Å². The van der Waals surface area contributed by atoms with Crippen LogP contribution < -0.4 is 0 Å². The van der Waals surface area contributed by atoms with Crippen LogP contribution in [0.3, 0.4) is 0 Å². The van der Waals surface area contributed by atoms with Gasteiger partial charge in [-0.25, -0.2) is 0 Å². The van der Waals surface area contributed by atoms with Gasteiger partial charge in [-0.15, -0.1) is 0 Å². The maximum absolute atomic E-state index is 12.1. The molecule has 3 heteroatoms. The van der Waals surface area contributed by atoms with E-state index in [2.05, 4.69) is 13.8 Å². The van der Waals surface area contributed by atoms with Crippen LogP contribution in [0.1, 0.15) is 33.1 Å². The van der Waals surface area contributed by atoms with E-state index in [0.29, 0.717) is 0 Å². The molecule has 17 heavy (non-hydrogen) atoms. The van der Waals surface area contributed by atoms with Crippen LogP contribution in [0.5, 0.6) is 0 Å². The van der Waals surface area contributed by atoms with Crippen molar-refractivity contribution in [1.82, 2.24) is 0 Å². The summed E-state index contributed by atoms with van der Waals surface area (Å²) in [5.41, 5.74) is 0.755. The Labute approximate surface area is 102 Å². The van der Waals surface area contributed by atoms with Crippen LogP contribution in [-0.4, -0.2) is 28.7 Å². The second-order valence-corrected chi connectivity index (χ2v) is 6.52. The summed E-state index contributed by atoms with van der Waals surface area (Å²) in [5, 5.41) is 19.4. The Balaban J connectivity index is 2.12. The highest BCUT2D eigenvalue weighted by Gasteiger charge is 2.67. The lowest BCUT2D eigenvalue weighted by Gasteiger charge is -2.39. The van der Waals surface area contributed by atoms with Gasteiger partial charge in [-0.05, 0) is 47.7 Å². The molecule has 5 unspecified atom stereocenters. The standard InChI is InChI=1S/C14H20O3/c1-13-5-9(16)6-14(13,2)11-4-10(13)8(7-15)3-12(11)17/h3,9-11,15-16H,4-7H2,1-2H3. The zero-order valence-corrected chi connectivity index (χ0v) is 10.4. The molecule has 2 fully saturated rings. The highest BCUT2D eigenvalue weighted by Crippen LogP contribution is 2.70. The van der Waals surface area contributed by atoms with Gasteiger partial charge in [-0.3, -0.25) is 4.79 Å². The molecular formula is C14H20O3. The Kier molecular flexibility index (Phi) is 2.15. The number of hydrogen-bond donors (Lipinski definition) is 2. The zero-order valence-electron chi connectivity index (χ0n) is 10.4.